The SMILES string of the molecule is CN=C(NCCCc1nn(-c2ccccc2)c(N)c1C#N)N1CCC(C(=O)OC)CC1.I. The van der Waals surface area contributed by atoms with Crippen molar-refractivity contribution in [2.75, 3.05) is 39.5 Å². The predicted molar refractivity (Wildman–Crippen MR) is 134 cm³/mol. The standard InChI is InChI=1S/C22H29N7O2.HI/c1-25-22(28-13-10-16(11-14-28)21(30)31-2)26-12-6-9-19-18(15-23)20(24)29(27-19)17-7-4-3-5-8-17;/h3-5,7-8,16H,6,9-14,24H2,1-2H3,(H,25,26);1H. The molecule has 0 aliphatic carbocycles. The Morgan fingerprint density at radius 3 is 2.62 bits per heavy atom. The number of nitrogen functional groups attached to an aromatic ring is 1. The number of piperidine rings is 1. The number of guanidine groups is 1. The molecule has 1 aliphatic heterocycles. The average Bonchev–Trinajstić information content (AvgIpc) is 3.14. The van der Waals surface area contributed by atoms with Crippen molar-refractivity contribution >= 4 is 41.7 Å². The van der Waals surface area contributed by atoms with Gasteiger partial charge < -0.3 is 20.7 Å². The number of esters is 1. The maximum atomic E-state index is 11.7. The fourth-order valence-corrected chi connectivity index (χ4v) is 3.82. The van der Waals surface area contributed by atoms with Gasteiger partial charge in [-0.3, -0.25) is 9.79 Å². The number of nitrogens with zero attached hydrogens (tertiary/aromatic N) is 5. The molecule has 2 aromatic rings. The van der Waals surface area contributed by atoms with Gasteiger partial charge in [-0.15, -0.1) is 24.0 Å². The number of nitrogens with one attached hydrogen (secondary N) is 1. The molecule has 1 aromatic carbocycles. The second-order valence-corrected chi connectivity index (χ2v) is 7.43. The summed E-state index contributed by atoms with van der Waals surface area (Å²) in [4.78, 5) is 18.2. The van der Waals surface area contributed by atoms with E-state index < -0.39 is 0 Å². The van der Waals surface area contributed by atoms with Gasteiger partial charge in [-0.05, 0) is 37.8 Å². The summed E-state index contributed by atoms with van der Waals surface area (Å²) < 4.78 is 6.46. The first-order chi connectivity index (χ1) is 15.1. The largest absolute Gasteiger partial charge is 0.469 e. The normalized spacial score (nSPS) is 14.4. The number of benzene rings is 1. The summed E-state index contributed by atoms with van der Waals surface area (Å²) in [5, 5.41) is 17.5. The third kappa shape index (κ3) is 5.91. The van der Waals surface area contributed by atoms with Gasteiger partial charge >= 0.3 is 5.97 Å². The summed E-state index contributed by atoms with van der Waals surface area (Å²) >= 11 is 0. The fourth-order valence-electron chi connectivity index (χ4n) is 3.82. The summed E-state index contributed by atoms with van der Waals surface area (Å²) in [5.74, 6) is 1.01. The molecule has 0 spiro atoms. The number of halogens is 1. The van der Waals surface area contributed by atoms with Gasteiger partial charge in [0.25, 0.3) is 0 Å². The van der Waals surface area contributed by atoms with Crippen LogP contribution in [0, 0.1) is 17.2 Å². The van der Waals surface area contributed by atoms with Crippen molar-refractivity contribution in [3.63, 3.8) is 0 Å². The zero-order valence-electron chi connectivity index (χ0n) is 18.5. The molecule has 0 amide bonds. The molecular weight excluding hydrogens is 521 g/mol. The third-order valence-electron chi connectivity index (χ3n) is 5.52. The lowest BCUT2D eigenvalue weighted by Crippen LogP contribution is -2.46. The van der Waals surface area contributed by atoms with E-state index in [1.807, 2.05) is 30.3 Å². The zero-order valence-corrected chi connectivity index (χ0v) is 20.8. The van der Waals surface area contributed by atoms with Gasteiger partial charge in [-0.25, -0.2) is 4.68 Å². The van der Waals surface area contributed by atoms with E-state index in [9.17, 15) is 10.1 Å². The Morgan fingerprint density at radius 1 is 1.34 bits per heavy atom. The zero-order chi connectivity index (χ0) is 22.2. The van der Waals surface area contributed by atoms with Crippen molar-refractivity contribution in [1.29, 1.82) is 5.26 Å². The number of nitrogens with two attached hydrogens (primary N) is 1. The Morgan fingerprint density at radius 2 is 2.03 bits per heavy atom. The Labute approximate surface area is 205 Å². The number of rotatable bonds is 6. The molecule has 3 rings (SSSR count). The van der Waals surface area contributed by atoms with E-state index in [4.69, 9.17) is 10.5 Å². The molecule has 1 aliphatic rings. The lowest BCUT2D eigenvalue weighted by atomic mass is 9.97. The second-order valence-electron chi connectivity index (χ2n) is 7.43. The summed E-state index contributed by atoms with van der Waals surface area (Å²) in [6, 6.07) is 11.7. The molecule has 3 N–H and O–H groups in total. The van der Waals surface area contributed by atoms with Gasteiger partial charge in [0.1, 0.15) is 17.5 Å². The molecule has 0 bridgehead atoms. The van der Waals surface area contributed by atoms with E-state index in [-0.39, 0.29) is 35.9 Å². The van der Waals surface area contributed by atoms with Gasteiger partial charge in [0.05, 0.1) is 24.4 Å². The van der Waals surface area contributed by atoms with Crippen molar-refractivity contribution in [2.24, 2.45) is 10.9 Å². The number of hydrogen-bond donors (Lipinski definition) is 2. The number of methoxy groups -OCH3 is 1. The summed E-state index contributed by atoms with van der Waals surface area (Å²) in [5.41, 5.74) is 8.12. The number of aliphatic imine (C=N–C) groups is 1. The highest BCUT2D eigenvalue weighted by Gasteiger charge is 2.27. The molecular formula is C22H30IN7O2. The van der Waals surface area contributed by atoms with E-state index in [0.717, 1.165) is 44.0 Å². The van der Waals surface area contributed by atoms with E-state index in [1.165, 1.54) is 7.11 Å². The number of aromatic nitrogens is 2. The Balaban J connectivity index is 0.00000363. The molecule has 0 unspecified atom stereocenters. The van der Waals surface area contributed by atoms with Crippen molar-refractivity contribution in [1.82, 2.24) is 20.0 Å². The highest BCUT2D eigenvalue weighted by molar-refractivity contribution is 14.0. The Bertz CT molecular complexity index is 961. The molecule has 32 heavy (non-hydrogen) atoms. The van der Waals surface area contributed by atoms with E-state index in [2.05, 4.69) is 26.4 Å². The minimum absolute atomic E-state index is 0. The van der Waals surface area contributed by atoms with Crippen molar-refractivity contribution in [2.45, 2.75) is 25.7 Å². The van der Waals surface area contributed by atoms with Crippen LogP contribution < -0.4 is 11.1 Å². The number of anilines is 1. The number of likely N-dealkylation sites (tertiary alicyclic amines) is 1. The van der Waals surface area contributed by atoms with Gasteiger partial charge in [0.15, 0.2) is 5.96 Å². The maximum Gasteiger partial charge on any atom is 0.308 e. The van der Waals surface area contributed by atoms with Gasteiger partial charge in [0.2, 0.25) is 0 Å². The fraction of sp³-hybridized carbons (Fsp3) is 0.455. The third-order valence-corrected chi connectivity index (χ3v) is 5.52. The first kappa shape index (κ1) is 25.5. The van der Waals surface area contributed by atoms with Crippen LogP contribution in [0.25, 0.3) is 5.69 Å². The van der Waals surface area contributed by atoms with E-state index in [0.29, 0.717) is 30.0 Å². The summed E-state index contributed by atoms with van der Waals surface area (Å²) in [6.45, 7) is 2.21. The van der Waals surface area contributed by atoms with Crippen LogP contribution in [0.1, 0.15) is 30.5 Å². The summed E-state index contributed by atoms with van der Waals surface area (Å²) in [7, 11) is 3.19. The van der Waals surface area contributed by atoms with Crippen LogP contribution in [0.4, 0.5) is 5.82 Å². The van der Waals surface area contributed by atoms with E-state index >= 15 is 0 Å². The molecule has 10 heteroatoms. The molecule has 1 aromatic heterocycles. The van der Waals surface area contributed by atoms with Gasteiger partial charge in [-0.2, -0.15) is 10.4 Å². The number of para-hydroxylation sites is 1. The minimum atomic E-state index is -0.134. The molecule has 2 heterocycles. The van der Waals surface area contributed by atoms with Gasteiger partial charge in [0, 0.05) is 26.7 Å². The molecule has 1 saturated heterocycles. The monoisotopic (exact) mass is 551 g/mol. The second kappa shape index (κ2) is 12.3. The maximum absolute atomic E-state index is 11.7. The molecule has 0 saturated carbocycles. The lowest BCUT2D eigenvalue weighted by Gasteiger charge is -2.33. The molecule has 0 radical (unpaired) electrons. The quantitative estimate of drug-likeness (QED) is 0.186. The molecule has 0 atom stereocenters. The predicted octanol–water partition coefficient (Wildman–Crippen LogP) is 2.34. The van der Waals surface area contributed by atoms with Crippen molar-refractivity contribution in [3.8, 4) is 11.8 Å². The van der Waals surface area contributed by atoms with Crippen LogP contribution in [0.3, 0.4) is 0 Å². The van der Waals surface area contributed by atoms with E-state index in [1.54, 1.807) is 11.7 Å². The summed E-state index contributed by atoms with van der Waals surface area (Å²) in [6.07, 6.45) is 2.92. The van der Waals surface area contributed by atoms with Crippen molar-refractivity contribution < 1.29 is 9.53 Å². The van der Waals surface area contributed by atoms with Crippen LogP contribution in [0.2, 0.25) is 0 Å². The van der Waals surface area contributed by atoms with Gasteiger partial charge in [-0.1, -0.05) is 18.2 Å². The lowest BCUT2D eigenvalue weighted by molar-refractivity contribution is -0.146. The number of carbonyl (C=O) groups is 1. The minimum Gasteiger partial charge on any atom is -0.469 e. The average molecular weight is 551 g/mol. The Hall–Kier alpha value is -2.81. The number of carbonyl (C=O) groups excluding carboxylic acids is 1. The van der Waals surface area contributed by atoms with Crippen molar-refractivity contribution in [3.05, 3.63) is 41.6 Å². The number of ether oxygens (including phenoxy) is 1. The molecule has 9 nitrogen and oxygen atoms in total. The van der Waals surface area contributed by atoms with Crippen LogP contribution in [-0.4, -0.2) is 60.4 Å². The first-order valence-electron chi connectivity index (χ1n) is 10.4. The van der Waals surface area contributed by atoms with Crippen LogP contribution in [0.5, 0.6) is 0 Å². The molecule has 172 valence electrons. The molecule has 1 fully saturated rings. The smallest absolute Gasteiger partial charge is 0.308 e. The van der Waals surface area contributed by atoms with Crippen LogP contribution in [0.15, 0.2) is 35.3 Å². The van der Waals surface area contributed by atoms with Crippen LogP contribution >= 0.6 is 24.0 Å². The Kier molecular flexibility index (Phi) is 9.77. The van der Waals surface area contributed by atoms with Crippen LogP contribution in [-0.2, 0) is 16.0 Å². The first-order valence-corrected chi connectivity index (χ1v) is 10.4. The number of nitriles is 1. The highest BCUT2D eigenvalue weighted by Crippen LogP contribution is 2.21. The number of hydrogen-bond acceptors (Lipinski definition) is 6. The highest BCUT2D eigenvalue weighted by atomic mass is 127. The number of aryl methyl sites for hydroxylation is 1. The topological polar surface area (TPSA) is 122 Å².